The summed E-state index contributed by atoms with van der Waals surface area (Å²) in [5.74, 6) is 0.824. The largest absolute Gasteiger partial charge is 0.361 e. The normalized spacial score (nSPS) is 11.1. The standard InChI is InChI=1S/C22H25N3O3/c1-13(2)18-8-6-17(7-9-18)11-25-12-19(21-14(3)24-28-15(21)4)10-20(22(25)27)23-16(5)26/h6-10,12-13H,11H2,1-5H3,(H,23,26). The first-order chi connectivity index (χ1) is 13.3. The fourth-order valence-electron chi connectivity index (χ4n) is 3.27. The maximum atomic E-state index is 12.9. The number of hydrogen-bond acceptors (Lipinski definition) is 4. The molecular formula is C22H25N3O3. The van der Waals surface area contributed by atoms with Gasteiger partial charge in [-0.05, 0) is 37.0 Å². The van der Waals surface area contributed by atoms with Crippen molar-refractivity contribution >= 4 is 11.6 Å². The summed E-state index contributed by atoms with van der Waals surface area (Å²) in [6.07, 6.45) is 1.79. The highest BCUT2D eigenvalue weighted by atomic mass is 16.5. The number of nitrogens with one attached hydrogen (secondary N) is 1. The number of aromatic nitrogens is 2. The number of pyridine rings is 1. The minimum atomic E-state index is -0.291. The van der Waals surface area contributed by atoms with Crippen LogP contribution in [-0.2, 0) is 11.3 Å². The third-order valence-electron chi connectivity index (χ3n) is 4.72. The minimum absolute atomic E-state index is 0.240. The van der Waals surface area contributed by atoms with Crippen molar-refractivity contribution in [2.45, 2.75) is 47.1 Å². The van der Waals surface area contributed by atoms with Gasteiger partial charge in [-0.25, -0.2) is 0 Å². The summed E-state index contributed by atoms with van der Waals surface area (Å²) < 4.78 is 6.88. The van der Waals surface area contributed by atoms with Crippen LogP contribution in [0.5, 0.6) is 0 Å². The van der Waals surface area contributed by atoms with Crippen LogP contribution in [0.1, 0.15) is 49.3 Å². The molecule has 3 aromatic rings. The van der Waals surface area contributed by atoms with Gasteiger partial charge >= 0.3 is 0 Å². The summed E-state index contributed by atoms with van der Waals surface area (Å²) in [6.45, 7) is 9.76. The lowest BCUT2D eigenvalue weighted by Gasteiger charge is -2.13. The molecule has 0 radical (unpaired) electrons. The second-order valence-corrected chi connectivity index (χ2v) is 7.35. The lowest BCUT2D eigenvalue weighted by atomic mass is 10.0. The molecule has 0 spiro atoms. The van der Waals surface area contributed by atoms with Crippen LogP contribution < -0.4 is 10.9 Å². The summed E-state index contributed by atoms with van der Waals surface area (Å²) in [5, 5.41) is 6.64. The van der Waals surface area contributed by atoms with E-state index in [1.54, 1.807) is 16.8 Å². The van der Waals surface area contributed by atoms with E-state index in [4.69, 9.17) is 4.52 Å². The summed E-state index contributed by atoms with van der Waals surface area (Å²) in [5.41, 5.74) is 4.59. The van der Waals surface area contributed by atoms with Crippen molar-refractivity contribution < 1.29 is 9.32 Å². The smallest absolute Gasteiger partial charge is 0.274 e. The van der Waals surface area contributed by atoms with Gasteiger partial charge in [-0.2, -0.15) is 0 Å². The molecule has 0 bridgehead atoms. The molecule has 28 heavy (non-hydrogen) atoms. The number of rotatable bonds is 5. The predicted molar refractivity (Wildman–Crippen MR) is 110 cm³/mol. The van der Waals surface area contributed by atoms with Crippen LogP contribution in [0.4, 0.5) is 5.69 Å². The number of nitrogens with zero attached hydrogens (tertiary/aromatic N) is 2. The first-order valence-electron chi connectivity index (χ1n) is 9.30. The maximum absolute atomic E-state index is 12.9. The van der Waals surface area contributed by atoms with Gasteiger partial charge < -0.3 is 14.4 Å². The average Bonchev–Trinajstić information content (AvgIpc) is 2.97. The van der Waals surface area contributed by atoms with Crippen LogP contribution in [-0.4, -0.2) is 15.6 Å². The Hall–Kier alpha value is -3.15. The van der Waals surface area contributed by atoms with Crippen LogP contribution in [0.2, 0.25) is 0 Å². The number of amides is 1. The van der Waals surface area contributed by atoms with Crippen molar-refractivity contribution in [1.82, 2.24) is 9.72 Å². The summed E-state index contributed by atoms with van der Waals surface area (Å²) in [6, 6.07) is 9.90. The van der Waals surface area contributed by atoms with E-state index in [0.29, 0.717) is 18.2 Å². The van der Waals surface area contributed by atoms with Gasteiger partial charge in [0.15, 0.2) is 0 Å². The fourth-order valence-corrected chi connectivity index (χ4v) is 3.27. The Bertz CT molecular complexity index is 1040. The van der Waals surface area contributed by atoms with Crippen molar-refractivity contribution in [2.24, 2.45) is 0 Å². The molecular weight excluding hydrogens is 354 g/mol. The van der Waals surface area contributed by atoms with Crippen LogP contribution in [0.15, 0.2) is 45.8 Å². The molecule has 0 aliphatic heterocycles. The lowest BCUT2D eigenvalue weighted by molar-refractivity contribution is -0.114. The van der Waals surface area contributed by atoms with E-state index in [1.165, 1.54) is 12.5 Å². The maximum Gasteiger partial charge on any atom is 0.274 e. The molecule has 0 unspecified atom stereocenters. The molecule has 2 aromatic heterocycles. The van der Waals surface area contributed by atoms with Crippen molar-refractivity contribution in [2.75, 3.05) is 5.32 Å². The van der Waals surface area contributed by atoms with E-state index in [1.807, 2.05) is 26.0 Å². The molecule has 0 atom stereocenters. The molecule has 0 aliphatic carbocycles. The highest BCUT2D eigenvalue weighted by Crippen LogP contribution is 2.28. The zero-order chi connectivity index (χ0) is 20.4. The molecule has 0 saturated heterocycles. The molecule has 6 nitrogen and oxygen atoms in total. The van der Waals surface area contributed by atoms with Crippen molar-refractivity contribution in [3.8, 4) is 11.1 Å². The van der Waals surface area contributed by atoms with Crippen molar-refractivity contribution in [1.29, 1.82) is 0 Å². The molecule has 6 heteroatoms. The number of carbonyl (C=O) groups excluding carboxylic acids is 1. The molecule has 1 N–H and O–H groups in total. The Labute approximate surface area is 164 Å². The fraction of sp³-hybridized carbons (Fsp3) is 0.318. The third kappa shape index (κ3) is 4.06. The summed E-state index contributed by atoms with van der Waals surface area (Å²) >= 11 is 0. The predicted octanol–water partition coefficient (Wildman–Crippen LogP) is 4.25. The highest BCUT2D eigenvalue weighted by molar-refractivity contribution is 5.89. The number of benzene rings is 1. The first-order valence-corrected chi connectivity index (χ1v) is 9.30. The molecule has 3 rings (SSSR count). The molecule has 0 saturated carbocycles. The van der Waals surface area contributed by atoms with Crippen molar-refractivity contribution in [3.05, 3.63) is 69.5 Å². The third-order valence-corrected chi connectivity index (χ3v) is 4.72. The second-order valence-electron chi connectivity index (χ2n) is 7.35. The van der Waals surface area contributed by atoms with Gasteiger partial charge in [0.05, 0.1) is 12.2 Å². The molecule has 0 fully saturated rings. The SMILES string of the molecule is CC(=O)Nc1cc(-c2c(C)noc2C)cn(Cc2ccc(C(C)C)cc2)c1=O. The monoisotopic (exact) mass is 379 g/mol. The van der Waals surface area contributed by atoms with Gasteiger partial charge in [0.25, 0.3) is 5.56 Å². The van der Waals surface area contributed by atoms with Gasteiger partial charge in [-0.1, -0.05) is 43.3 Å². The molecule has 146 valence electrons. The van der Waals surface area contributed by atoms with E-state index >= 15 is 0 Å². The van der Waals surface area contributed by atoms with E-state index in [2.05, 4.69) is 36.5 Å². The van der Waals surface area contributed by atoms with Crippen LogP contribution in [0, 0.1) is 13.8 Å². The van der Waals surface area contributed by atoms with Gasteiger partial charge in [-0.15, -0.1) is 0 Å². The van der Waals surface area contributed by atoms with E-state index in [9.17, 15) is 9.59 Å². The van der Waals surface area contributed by atoms with Gasteiger partial charge in [-0.3, -0.25) is 9.59 Å². The van der Waals surface area contributed by atoms with Crippen LogP contribution in [0.25, 0.3) is 11.1 Å². The number of carbonyl (C=O) groups is 1. The number of anilines is 1. The van der Waals surface area contributed by atoms with E-state index < -0.39 is 0 Å². The zero-order valence-electron chi connectivity index (χ0n) is 16.9. The van der Waals surface area contributed by atoms with Crippen molar-refractivity contribution in [3.63, 3.8) is 0 Å². The lowest BCUT2D eigenvalue weighted by Crippen LogP contribution is -2.25. The van der Waals surface area contributed by atoms with Crippen LogP contribution >= 0.6 is 0 Å². The summed E-state index contributed by atoms with van der Waals surface area (Å²) in [4.78, 5) is 24.5. The van der Waals surface area contributed by atoms with Crippen LogP contribution in [0.3, 0.4) is 0 Å². The molecule has 1 aromatic carbocycles. The first kappa shape index (κ1) is 19.6. The Balaban J connectivity index is 2.07. The van der Waals surface area contributed by atoms with E-state index in [-0.39, 0.29) is 17.2 Å². The topological polar surface area (TPSA) is 77.1 Å². The molecule has 0 aliphatic rings. The summed E-state index contributed by atoms with van der Waals surface area (Å²) in [7, 11) is 0. The highest BCUT2D eigenvalue weighted by Gasteiger charge is 2.16. The second kappa shape index (κ2) is 7.84. The van der Waals surface area contributed by atoms with E-state index in [0.717, 1.165) is 22.4 Å². The number of aryl methyl sites for hydroxylation is 2. The minimum Gasteiger partial charge on any atom is -0.361 e. The average molecular weight is 379 g/mol. The van der Waals surface area contributed by atoms with Gasteiger partial charge in [0.2, 0.25) is 5.91 Å². The number of hydrogen-bond donors (Lipinski definition) is 1. The Kier molecular flexibility index (Phi) is 5.49. The molecule has 2 heterocycles. The Morgan fingerprint density at radius 3 is 2.43 bits per heavy atom. The molecule has 1 amide bonds. The van der Waals surface area contributed by atoms with Gasteiger partial charge in [0.1, 0.15) is 11.4 Å². The quantitative estimate of drug-likeness (QED) is 0.719. The zero-order valence-corrected chi connectivity index (χ0v) is 16.9. The Morgan fingerprint density at radius 1 is 1.21 bits per heavy atom. The van der Waals surface area contributed by atoms with Gasteiger partial charge in [0, 0.05) is 24.2 Å². The Morgan fingerprint density at radius 2 is 1.89 bits per heavy atom.